The third-order valence-corrected chi connectivity index (χ3v) is 9.97. The van der Waals surface area contributed by atoms with Gasteiger partial charge in [-0.3, -0.25) is 4.79 Å². The van der Waals surface area contributed by atoms with Gasteiger partial charge in [-0.25, -0.2) is 4.98 Å². The first kappa shape index (κ1) is 19.6. The summed E-state index contributed by atoms with van der Waals surface area (Å²) in [6.45, 7) is 11.0. The number of carbonyl (C=O) groups excluding carboxylic acids is 1. The van der Waals surface area contributed by atoms with Crippen LogP contribution in [0.25, 0.3) is 0 Å². The molecule has 0 atom stereocenters. The lowest BCUT2D eigenvalue weighted by Crippen LogP contribution is -2.43. The number of methoxy groups -OCH3 is 1. The van der Waals surface area contributed by atoms with Gasteiger partial charge in [-0.05, 0) is 55.1 Å². The Labute approximate surface area is 163 Å². The molecule has 1 aliphatic rings. The maximum Gasteiger partial charge on any atom is 0.250 e. The molecule has 0 spiro atoms. The number of pyridine rings is 1. The summed E-state index contributed by atoms with van der Waals surface area (Å²) < 4.78 is 11.8. The van der Waals surface area contributed by atoms with Gasteiger partial charge in [0, 0.05) is 11.1 Å². The molecule has 27 heavy (non-hydrogen) atoms. The molecule has 0 amide bonds. The molecule has 4 nitrogen and oxygen atoms in total. The molecule has 0 N–H and O–H groups in total. The largest absolute Gasteiger partial charge is 0.543 e. The molecule has 0 radical (unpaired) electrons. The van der Waals surface area contributed by atoms with Crippen LogP contribution in [0, 0.1) is 0 Å². The van der Waals surface area contributed by atoms with Gasteiger partial charge in [-0.1, -0.05) is 39.0 Å². The summed E-state index contributed by atoms with van der Waals surface area (Å²) in [4.78, 5) is 17.4. The fourth-order valence-electron chi connectivity index (χ4n) is 2.74. The van der Waals surface area contributed by atoms with E-state index in [4.69, 9.17) is 9.16 Å². The number of nitrogens with zero attached hydrogens (tertiary/aromatic N) is 1. The Kier molecular flexibility index (Phi) is 5.17. The average molecular weight is 384 g/mol. The van der Waals surface area contributed by atoms with Crippen molar-refractivity contribution in [2.75, 3.05) is 7.11 Å². The minimum atomic E-state index is -1.96. The number of ether oxygens (including phenoxy) is 1. The molecule has 5 heteroatoms. The molecule has 3 rings (SSSR count). The quantitative estimate of drug-likeness (QED) is 0.482. The summed E-state index contributed by atoms with van der Waals surface area (Å²) in [5.41, 5.74) is 2.09. The minimum Gasteiger partial charge on any atom is -0.543 e. The van der Waals surface area contributed by atoms with Crippen molar-refractivity contribution in [1.82, 2.24) is 4.98 Å². The van der Waals surface area contributed by atoms with Gasteiger partial charge in [0.25, 0.3) is 0 Å². The van der Waals surface area contributed by atoms with Crippen LogP contribution in [0.3, 0.4) is 0 Å². The average Bonchev–Trinajstić information content (AvgIpc) is 3.44. The minimum absolute atomic E-state index is 0.0978. The Morgan fingerprint density at radius 1 is 1.15 bits per heavy atom. The van der Waals surface area contributed by atoms with Crippen LogP contribution < -0.4 is 9.16 Å². The van der Waals surface area contributed by atoms with Crippen molar-refractivity contribution in [1.29, 1.82) is 0 Å². The topological polar surface area (TPSA) is 48.4 Å². The summed E-state index contributed by atoms with van der Waals surface area (Å²) in [6.07, 6.45) is 2.33. The highest BCUT2D eigenvalue weighted by Crippen LogP contribution is 2.43. The number of aromatic nitrogens is 1. The summed E-state index contributed by atoms with van der Waals surface area (Å²) in [5.74, 6) is 1.72. The molecule has 1 heterocycles. The van der Waals surface area contributed by atoms with Crippen LogP contribution in [0.5, 0.6) is 11.6 Å². The molecule has 1 fully saturated rings. The van der Waals surface area contributed by atoms with E-state index in [1.807, 2.05) is 30.3 Å². The predicted octanol–water partition coefficient (Wildman–Crippen LogP) is 5.58. The van der Waals surface area contributed by atoms with Crippen molar-refractivity contribution in [2.24, 2.45) is 0 Å². The zero-order valence-corrected chi connectivity index (χ0v) is 18.1. The van der Waals surface area contributed by atoms with Gasteiger partial charge in [-0.15, -0.1) is 0 Å². The van der Waals surface area contributed by atoms with Crippen molar-refractivity contribution in [3.8, 4) is 11.6 Å². The van der Waals surface area contributed by atoms with E-state index in [2.05, 4.69) is 38.8 Å². The number of ketones is 1. The van der Waals surface area contributed by atoms with E-state index in [0.29, 0.717) is 23.1 Å². The lowest BCUT2D eigenvalue weighted by molar-refractivity contribution is 0.103. The molecule has 2 aromatic rings. The third-order valence-electron chi connectivity index (χ3n) is 5.61. The van der Waals surface area contributed by atoms with Crippen LogP contribution in [0.2, 0.25) is 18.1 Å². The highest BCUT2D eigenvalue weighted by atomic mass is 28.4. The van der Waals surface area contributed by atoms with Crippen molar-refractivity contribution >= 4 is 14.1 Å². The fourth-order valence-corrected chi connectivity index (χ4v) is 3.77. The first-order valence-corrected chi connectivity index (χ1v) is 12.4. The molecule has 0 saturated heterocycles. The summed E-state index contributed by atoms with van der Waals surface area (Å²) >= 11 is 0. The molecule has 0 bridgehead atoms. The van der Waals surface area contributed by atoms with Crippen LogP contribution in [-0.2, 0) is 0 Å². The Bertz CT molecular complexity index is 851. The van der Waals surface area contributed by atoms with Gasteiger partial charge in [-0.2, -0.15) is 0 Å². The highest BCUT2D eigenvalue weighted by Gasteiger charge is 2.39. The zero-order chi connectivity index (χ0) is 19.8. The van der Waals surface area contributed by atoms with Crippen molar-refractivity contribution in [2.45, 2.75) is 57.7 Å². The Morgan fingerprint density at radius 3 is 2.44 bits per heavy atom. The summed E-state index contributed by atoms with van der Waals surface area (Å²) in [7, 11) is -0.350. The Morgan fingerprint density at radius 2 is 1.85 bits per heavy atom. The van der Waals surface area contributed by atoms with E-state index < -0.39 is 8.32 Å². The number of hydrogen-bond donors (Lipinski definition) is 0. The number of benzene rings is 1. The summed E-state index contributed by atoms with van der Waals surface area (Å²) in [6, 6.07) is 11.2. The van der Waals surface area contributed by atoms with E-state index in [1.54, 1.807) is 13.2 Å². The van der Waals surface area contributed by atoms with Crippen LogP contribution in [0.1, 0.15) is 61.1 Å². The maximum atomic E-state index is 13.0. The summed E-state index contributed by atoms with van der Waals surface area (Å²) in [5, 5.41) is 0.0978. The second-order valence-corrected chi connectivity index (χ2v) is 13.5. The smallest absolute Gasteiger partial charge is 0.250 e. The molecule has 1 aromatic carbocycles. The molecular formula is C22H29NO3Si. The van der Waals surface area contributed by atoms with E-state index in [-0.39, 0.29) is 10.8 Å². The van der Waals surface area contributed by atoms with Gasteiger partial charge in [0.05, 0.1) is 7.11 Å². The number of rotatable bonds is 6. The van der Waals surface area contributed by atoms with Crippen molar-refractivity contribution in [3.63, 3.8) is 0 Å². The van der Waals surface area contributed by atoms with Crippen molar-refractivity contribution < 1.29 is 14.0 Å². The third kappa shape index (κ3) is 4.24. The maximum absolute atomic E-state index is 13.0. The van der Waals surface area contributed by atoms with Gasteiger partial charge < -0.3 is 9.16 Å². The first-order chi connectivity index (χ1) is 12.6. The molecule has 144 valence electrons. The van der Waals surface area contributed by atoms with Gasteiger partial charge in [0.15, 0.2) is 0 Å². The Balaban J connectivity index is 1.85. The van der Waals surface area contributed by atoms with E-state index in [0.717, 1.165) is 24.2 Å². The van der Waals surface area contributed by atoms with Crippen LogP contribution in [-0.4, -0.2) is 26.2 Å². The highest BCUT2D eigenvalue weighted by molar-refractivity contribution is 6.74. The lowest BCUT2D eigenvalue weighted by atomic mass is 10.1. The monoisotopic (exact) mass is 383 g/mol. The second kappa shape index (κ2) is 7.11. The fraction of sp³-hybridized carbons (Fsp3) is 0.455. The molecule has 0 aliphatic heterocycles. The van der Waals surface area contributed by atoms with Crippen molar-refractivity contribution in [3.05, 3.63) is 53.2 Å². The molecule has 1 aromatic heterocycles. The zero-order valence-electron chi connectivity index (χ0n) is 17.1. The van der Waals surface area contributed by atoms with E-state index in [1.165, 1.54) is 0 Å². The number of hydrogen-bond acceptors (Lipinski definition) is 4. The van der Waals surface area contributed by atoms with Crippen LogP contribution in [0.4, 0.5) is 0 Å². The SMILES string of the molecule is COc1nc(C(=O)c2cccc(O[Si](C)(C)C(C)(C)C)c2)ccc1C1CC1. The number of carbonyl (C=O) groups is 1. The predicted molar refractivity (Wildman–Crippen MR) is 110 cm³/mol. The van der Waals surface area contributed by atoms with Gasteiger partial charge in [0.1, 0.15) is 11.4 Å². The van der Waals surface area contributed by atoms with Crippen LogP contribution >= 0.6 is 0 Å². The molecule has 1 saturated carbocycles. The molecular weight excluding hydrogens is 354 g/mol. The second-order valence-electron chi connectivity index (χ2n) is 8.79. The van der Waals surface area contributed by atoms with Gasteiger partial charge >= 0.3 is 0 Å². The normalized spacial score (nSPS) is 14.7. The lowest BCUT2D eigenvalue weighted by Gasteiger charge is -2.36. The van der Waals surface area contributed by atoms with Crippen LogP contribution in [0.15, 0.2) is 36.4 Å². The van der Waals surface area contributed by atoms with E-state index in [9.17, 15) is 4.79 Å². The van der Waals surface area contributed by atoms with Gasteiger partial charge in [0.2, 0.25) is 20.0 Å². The Hall–Kier alpha value is -2.14. The van der Waals surface area contributed by atoms with E-state index >= 15 is 0 Å². The molecule has 1 aliphatic carbocycles. The molecule has 0 unspecified atom stereocenters. The standard InChI is InChI=1S/C22H29NO3Si/c1-22(2,3)27(5,6)26-17-9-7-8-16(14-17)20(24)19-13-12-18(15-10-11-15)21(23-19)25-4/h7-9,12-15H,10-11H2,1-6H3. The first-order valence-electron chi connectivity index (χ1n) is 9.51.